The van der Waals surface area contributed by atoms with Crippen molar-refractivity contribution in [2.75, 3.05) is 32.9 Å². The van der Waals surface area contributed by atoms with Crippen LogP contribution in [0, 0.1) is 0 Å². The highest BCUT2D eigenvalue weighted by atomic mass is 16.7. The molecule has 28 heavy (non-hydrogen) atoms. The van der Waals surface area contributed by atoms with Crippen LogP contribution in [0.5, 0.6) is 23.0 Å². The van der Waals surface area contributed by atoms with Crippen molar-refractivity contribution in [1.29, 1.82) is 0 Å². The highest BCUT2D eigenvalue weighted by Gasteiger charge is 2.21. The lowest BCUT2D eigenvalue weighted by molar-refractivity contribution is 0.104. The van der Waals surface area contributed by atoms with Gasteiger partial charge in [-0.15, -0.1) is 6.58 Å². The Morgan fingerprint density at radius 1 is 1.25 bits per heavy atom. The normalized spacial score (nSPS) is 12.2. The van der Waals surface area contributed by atoms with Gasteiger partial charge in [-0.05, 0) is 36.3 Å². The summed E-state index contributed by atoms with van der Waals surface area (Å²) in [6.07, 6.45) is 5.38. The number of hydrogen-bond acceptors (Lipinski definition) is 6. The molecule has 1 aliphatic heterocycles. The Morgan fingerprint density at radius 2 is 1.96 bits per heavy atom. The van der Waals surface area contributed by atoms with Crippen molar-refractivity contribution in [1.82, 2.24) is 0 Å². The second-order valence-corrected chi connectivity index (χ2v) is 6.53. The van der Waals surface area contributed by atoms with Gasteiger partial charge in [-0.1, -0.05) is 6.08 Å². The van der Waals surface area contributed by atoms with Crippen molar-refractivity contribution < 1.29 is 24.1 Å². The molecular weight excluding hydrogens is 358 g/mol. The highest BCUT2D eigenvalue weighted by Crippen LogP contribution is 2.38. The molecule has 146 valence electrons. The van der Waals surface area contributed by atoms with Crippen LogP contribution in [0.25, 0.3) is 6.08 Å². The van der Waals surface area contributed by atoms with E-state index in [-0.39, 0.29) is 18.3 Å². The van der Waals surface area contributed by atoms with Crippen LogP contribution in [0.15, 0.2) is 43.0 Å². The standard InChI is InChI=1S/C22H23NO5/c1-5-6-14-9-15(20(26-4)12-19(14)25)7-8-18(24)16-10-21-22(28-13-27-21)11-17(16)23(2)3/h5,7-12,25H,1,6,13H2,2-4H3/b8-7+. The Bertz CT molecular complexity index is 946. The van der Waals surface area contributed by atoms with Gasteiger partial charge in [0, 0.05) is 37.4 Å². The lowest BCUT2D eigenvalue weighted by atomic mass is 10.0. The smallest absolute Gasteiger partial charge is 0.231 e. The quantitative estimate of drug-likeness (QED) is 0.447. The first-order valence-corrected chi connectivity index (χ1v) is 8.78. The fourth-order valence-corrected chi connectivity index (χ4v) is 3.01. The predicted molar refractivity (Wildman–Crippen MR) is 109 cm³/mol. The van der Waals surface area contributed by atoms with Gasteiger partial charge in [0.2, 0.25) is 6.79 Å². The first-order valence-electron chi connectivity index (χ1n) is 8.78. The number of phenols is 1. The third-order valence-electron chi connectivity index (χ3n) is 4.45. The molecule has 0 unspecified atom stereocenters. The van der Waals surface area contributed by atoms with Crippen LogP contribution in [0.2, 0.25) is 0 Å². The number of rotatable bonds is 7. The Morgan fingerprint density at radius 3 is 2.61 bits per heavy atom. The summed E-state index contributed by atoms with van der Waals surface area (Å²) in [7, 11) is 5.24. The molecule has 1 aliphatic rings. The average Bonchev–Trinajstić information content (AvgIpc) is 3.14. The third kappa shape index (κ3) is 3.81. The van der Waals surface area contributed by atoms with Crippen LogP contribution in [0.4, 0.5) is 5.69 Å². The molecule has 2 aromatic carbocycles. The number of carbonyl (C=O) groups is 1. The average molecular weight is 381 g/mol. The third-order valence-corrected chi connectivity index (χ3v) is 4.45. The number of hydrogen-bond donors (Lipinski definition) is 1. The molecule has 0 saturated carbocycles. The summed E-state index contributed by atoms with van der Waals surface area (Å²) in [5, 5.41) is 10.1. The van der Waals surface area contributed by atoms with Gasteiger partial charge >= 0.3 is 0 Å². The monoisotopic (exact) mass is 381 g/mol. The van der Waals surface area contributed by atoms with E-state index in [1.807, 2.05) is 19.0 Å². The number of anilines is 1. The maximum Gasteiger partial charge on any atom is 0.231 e. The van der Waals surface area contributed by atoms with Crippen molar-refractivity contribution in [3.05, 3.63) is 59.7 Å². The minimum Gasteiger partial charge on any atom is -0.508 e. The molecule has 2 aromatic rings. The summed E-state index contributed by atoms with van der Waals surface area (Å²) in [6, 6.07) is 6.81. The summed E-state index contributed by atoms with van der Waals surface area (Å²) in [5.41, 5.74) is 2.65. The van der Waals surface area contributed by atoms with Crippen molar-refractivity contribution in [2.45, 2.75) is 6.42 Å². The maximum absolute atomic E-state index is 12.9. The lowest BCUT2D eigenvalue weighted by Crippen LogP contribution is -2.13. The number of ether oxygens (including phenoxy) is 3. The summed E-state index contributed by atoms with van der Waals surface area (Å²) in [6.45, 7) is 3.84. The minimum atomic E-state index is -0.178. The molecule has 3 rings (SSSR count). The minimum absolute atomic E-state index is 0.130. The molecule has 0 fully saturated rings. The Labute approximate surface area is 164 Å². The molecule has 0 aromatic heterocycles. The zero-order valence-corrected chi connectivity index (χ0v) is 16.2. The lowest BCUT2D eigenvalue weighted by Gasteiger charge is -2.16. The number of benzene rings is 2. The first-order chi connectivity index (χ1) is 13.4. The molecule has 0 radical (unpaired) electrons. The van der Waals surface area contributed by atoms with Crippen LogP contribution in [-0.2, 0) is 6.42 Å². The number of methoxy groups -OCH3 is 1. The number of ketones is 1. The highest BCUT2D eigenvalue weighted by molar-refractivity contribution is 6.11. The molecule has 1 N–H and O–H groups in total. The van der Waals surface area contributed by atoms with Crippen LogP contribution in [0.1, 0.15) is 21.5 Å². The molecule has 6 nitrogen and oxygen atoms in total. The summed E-state index contributed by atoms with van der Waals surface area (Å²) in [5.74, 6) is 1.61. The van der Waals surface area contributed by atoms with Gasteiger partial charge in [-0.3, -0.25) is 4.79 Å². The van der Waals surface area contributed by atoms with E-state index in [4.69, 9.17) is 14.2 Å². The molecule has 0 aliphatic carbocycles. The number of aromatic hydroxyl groups is 1. The van der Waals surface area contributed by atoms with Gasteiger partial charge in [0.05, 0.1) is 12.8 Å². The summed E-state index contributed by atoms with van der Waals surface area (Å²) < 4.78 is 16.1. The molecule has 0 amide bonds. The van der Waals surface area contributed by atoms with E-state index in [2.05, 4.69) is 6.58 Å². The predicted octanol–water partition coefficient (Wildman–Crippen LogP) is 3.82. The van der Waals surface area contributed by atoms with Crippen LogP contribution in [-0.4, -0.2) is 38.9 Å². The van der Waals surface area contributed by atoms with Crippen molar-refractivity contribution in [3.63, 3.8) is 0 Å². The second kappa shape index (κ2) is 8.08. The summed E-state index contributed by atoms with van der Waals surface area (Å²) in [4.78, 5) is 14.8. The van der Waals surface area contributed by atoms with Gasteiger partial charge in [-0.2, -0.15) is 0 Å². The van der Waals surface area contributed by atoms with Crippen LogP contribution < -0.4 is 19.1 Å². The van der Waals surface area contributed by atoms with Gasteiger partial charge < -0.3 is 24.2 Å². The van der Waals surface area contributed by atoms with Crippen molar-refractivity contribution in [2.24, 2.45) is 0 Å². The summed E-state index contributed by atoms with van der Waals surface area (Å²) >= 11 is 0. The van der Waals surface area contributed by atoms with Gasteiger partial charge in [0.1, 0.15) is 11.5 Å². The SMILES string of the molecule is C=CCc1cc(/C=C/C(=O)c2cc3c(cc2N(C)C)OCO3)c(OC)cc1O. The largest absolute Gasteiger partial charge is 0.508 e. The topological polar surface area (TPSA) is 68.2 Å². The first kappa shape index (κ1) is 19.4. The molecule has 0 atom stereocenters. The van der Waals surface area contributed by atoms with E-state index in [0.29, 0.717) is 40.4 Å². The molecule has 0 bridgehead atoms. The van der Waals surface area contributed by atoms with E-state index in [9.17, 15) is 9.90 Å². The Balaban J connectivity index is 1.96. The second-order valence-electron chi connectivity index (χ2n) is 6.53. The molecule has 0 spiro atoms. The van der Waals surface area contributed by atoms with E-state index < -0.39 is 0 Å². The van der Waals surface area contributed by atoms with Gasteiger partial charge in [0.25, 0.3) is 0 Å². The molecule has 1 heterocycles. The van der Waals surface area contributed by atoms with E-state index in [1.165, 1.54) is 19.3 Å². The molecular formula is C22H23NO5. The number of fused-ring (bicyclic) bond motifs is 1. The zero-order valence-electron chi connectivity index (χ0n) is 16.2. The van der Waals surface area contributed by atoms with Gasteiger partial charge in [-0.25, -0.2) is 0 Å². The Kier molecular flexibility index (Phi) is 5.59. The molecule has 0 saturated heterocycles. The zero-order chi connectivity index (χ0) is 20.3. The number of nitrogens with zero attached hydrogens (tertiary/aromatic N) is 1. The number of phenolic OH excluding ortho intramolecular Hbond substituents is 1. The number of allylic oxidation sites excluding steroid dienone is 2. The number of carbonyl (C=O) groups excluding carboxylic acids is 1. The van der Waals surface area contributed by atoms with Crippen molar-refractivity contribution >= 4 is 17.5 Å². The maximum atomic E-state index is 12.9. The fraction of sp³-hybridized carbons (Fsp3) is 0.227. The molecule has 6 heteroatoms. The van der Waals surface area contributed by atoms with Crippen LogP contribution in [0.3, 0.4) is 0 Å². The van der Waals surface area contributed by atoms with E-state index in [0.717, 1.165) is 5.69 Å². The van der Waals surface area contributed by atoms with Crippen LogP contribution >= 0.6 is 0 Å². The van der Waals surface area contributed by atoms with Crippen molar-refractivity contribution in [3.8, 4) is 23.0 Å². The van der Waals surface area contributed by atoms with Gasteiger partial charge in [0.15, 0.2) is 17.3 Å². The van der Waals surface area contributed by atoms with E-state index >= 15 is 0 Å². The van der Waals surface area contributed by atoms with E-state index in [1.54, 1.807) is 30.4 Å². The fourth-order valence-electron chi connectivity index (χ4n) is 3.01. The Hall–Kier alpha value is -3.41.